The molecule has 2 aromatic rings. The number of nitrogens with one attached hydrogen (secondary N) is 1. The molecule has 1 unspecified atom stereocenters. The molecular formula is C15H15N3O. The highest BCUT2D eigenvalue weighted by atomic mass is 16.1. The monoisotopic (exact) mass is 253 g/mol. The predicted molar refractivity (Wildman–Crippen MR) is 74.3 cm³/mol. The van der Waals surface area contributed by atoms with Gasteiger partial charge in [-0.25, -0.2) is 0 Å². The lowest BCUT2D eigenvalue weighted by Crippen LogP contribution is -2.25. The number of fused-ring (bicyclic) bond motifs is 1. The second kappa shape index (κ2) is 5.49. The number of hydrogen-bond acceptors (Lipinski definition) is 3. The Labute approximate surface area is 112 Å². The van der Waals surface area contributed by atoms with Crippen molar-refractivity contribution in [3.05, 3.63) is 36.5 Å². The number of para-hydroxylation sites is 1. The van der Waals surface area contributed by atoms with E-state index < -0.39 is 5.92 Å². The maximum absolute atomic E-state index is 12.0. The molecule has 1 heterocycles. The minimum Gasteiger partial charge on any atom is -0.324 e. The largest absolute Gasteiger partial charge is 0.324 e. The summed E-state index contributed by atoms with van der Waals surface area (Å²) in [6, 6.07) is 11.6. The molecule has 0 saturated heterocycles. The van der Waals surface area contributed by atoms with Crippen LogP contribution in [-0.4, -0.2) is 10.9 Å². The van der Waals surface area contributed by atoms with Crippen molar-refractivity contribution in [3.8, 4) is 6.07 Å². The van der Waals surface area contributed by atoms with Crippen LogP contribution in [0.4, 0.5) is 5.69 Å². The van der Waals surface area contributed by atoms with Crippen LogP contribution in [0.5, 0.6) is 0 Å². The van der Waals surface area contributed by atoms with Gasteiger partial charge in [0.1, 0.15) is 5.92 Å². The van der Waals surface area contributed by atoms with E-state index in [1.54, 1.807) is 6.20 Å². The van der Waals surface area contributed by atoms with Crippen LogP contribution < -0.4 is 5.32 Å². The van der Waals surface area contributed by atoms with Crippen molar-refractivity contribution < 1.29 is 4.79 Å². The lowest BCUT2D eigenvalue weighted by Gasteiger charge is -2.13. The standard InChI is InChI=1S/C15H15N3O/c1-10(2)13(8-16)15(19)18-12-7-11-5-3-4-6-14(11)17-9-12/h3-7,9-10,13H,1-2H3,(H,18,19). The summed E-state index contributed by atoms with van der Waals surface area (Å²) < 4.78 is 0. The number of nitriles is 1. The topological polar surface area (TPSA) is 65.8 Å². The molecule has 96 valence electrons. The Bertz CT molecular complexity index is 643. The number of anilines is 1. The minimum atomic E-state index is -0.647. The van der Waals surface area contributed by atoms with Crippen molar-refractivity contribution in [1.82, 2.24) is 4.98 Å². The van der Waals surface area contributed by atoms with Gasteiger partial charge in [-0.15, -0.1) is 0 Å². The first-order valence-electron chi connectivity index (χ1n) is 6.17. The minimum absolute atomic E-state index is 0.0154. The molecule has 0 aliphatic heterocycles. The summed E-state index contributed by atoms with van der Waals surface area (Å²) in [4.78, 5) is 16.2. The van der Waals surface area contributed by atoms with Crippen LogP contribution in [-0.2, 0) is 4.79 Å². The molecule has 1 atom stereocenters. The summed E-state index contributed by atoms with van der Waals surface area (Å²) in [5.74, 6) is -0.945. The first kappa shape index (κ1) is 13.0. The number of carbonyl (C=O) groups excluding carboxylic acids is 1. The average Bonchev–Trinajstić information content (AvgIpc) is 2.39. The third-order valence-electron chi connectivity index (χ3n) is 2.95. The summed E-state index contributed by atoms with van der Waals surface area (Å²) in [5.41, 5.74) is 1.49. The zero-order chi connectivity index (χ0) is 13.8. The van der Waals surface area contributed by atoms with E-state index in [0.717, 1.165) is 10.9 Å². The van der Waals surface area contributed by atoms with Gasteiger partial charge in [-0.3, -0.25) is 9.78 Å². The molecule has 4 nitrogen and oxygen atoms in total. The molecule has 0 fully saturated rings. The molecule has 0 radical (unpaired) electrons. The van der Waals surface area contributed by atoms with Gasteiger partial charge < -0.3 is 5.32 Å². The fraction of sp³-hybridized carbons (Fsp3) is 0.267. The molecule has 1 N–H and O–H groups in total. The van der Waals surface area contributed by atoms with E-state index in [1.165, 1.54) is 0 Å². The first-order chi connectivity index (χ1) is 9.11. The number of nitrogens with zero attached hydrogens (tertiary/aromatic N) is 2. The number of carbonyl (C=O) groups is 1. The van der Waals surface area contributed by atoms with Gasteiger partial charge >= 0.3 is 0 Å². The number of hydrogen-bond donors (Lipinski definition) is 1. The average molecular weight is 253 g/mol. The Morgan fingerprint density at radius 2 is 2.11 bits per heavy atom. The molecule has 19 heavy (non-hydrogen) atoms. The van der Waals surface area contributed by atoms with Crippen molar-refractivity contribution in [2.24, 2.45) is 11.8 Å². The van der Waals surface area contributed by atoms with Gasteiger partial charge in [-0.1, -0.05) is 32.0 Å². The van der Waals surface area contributed by atoms with E-state index in [4.69, 9.17) is 5.26 Å². The second-order valence-electron chi connectivity index (χ2n) is 4.76. The summed E-state index contributed by atoms with van der Waals surface area (Å²) in [6.45, 7) is 3.71. The Morgan fingerprint density at radius 1 is 1.37 bits per heavy atom. The Kier molecular flexibility index (Phi) is 3.76. The van der Waals surface area contributed by atoms with Crippen molar-refractivity contribution in [1.29, 1.82) is 5.26 Å². The number of aromatic nitrogens is 1. The summed E-state index contributed by atoms with van der Waals surface area (Å²) >= 11 is 0. The highest BCUT2D eigenvalue weighted by Gasteiger charge is 2.21. The lowest BCUT2D eigenvalue weighted by molar-refractivity contribution is -0.119. The van der Waals surface area contributed by atoms with Gasteiger partial charge in [0.15, 0.2) is 0 Å². The van der Waals surface area contributed by atoms with Crippen molar-refractivity contribution in [2.75, 3.05) is 5.32 Å². The van der Waals surface area contributed by atoms with E-state index in [2.05, 4.69) is 10.3 Å². The quantitative estimate of drug-likeness (QED) is 0.914. The van der Waals surface area contributed by atoms with Gasteiger partial charge in [0.2, 0.25) is 5.91 Å². The van der Waals surface area contributed by atoms with Gasteiger partial charge in [-0.2, -0.15) is 5.26 Å². The van der Waals surface area contributed by atoms with Crippen LogP contribution in [0, 0.1) is 23.2 Å². The lowest BCUT2D eigenvalue weighted by atomic mass is 9.96. The van der Waals surface area contributed by atoms with Crippen LogP contribution in [0.15, 0.2) is 36.5 Å². The molecule has 4 heteroatoms. The van der Waals surface area contributed by atoms with E-state index in [9.17, 15) is 4.79 Å². The smallest absolute Gasteiger partial charge is 0.242 e. The van der Waals surface area contributed by atoms with Crippen LogP contribution in [0.2, 0.25) is 0 Å². The van der Waals surface area contributed by atoms with E-state index in [1.807, 2.05) is 50.2 Å². The number of rotatable bonds is 3. The maximum Gasteiger partial charge on any atom is 0.242 e. The third-order valence-corrected chi connectivity index (χ3v) is 2.95. The molecular weight excluding hydrogens is 238 g/mol. The van der Waals surface area contributed by atoms with Gasteiger partial charge in [0, 0.05) is 5.39 Å². The third kappa shape index (κ3) is 2.89. The summed E-state index contributed by atoms with van der Waals surface area (Å²) in [7, 11) is 0. The normalized spacial score (nSPS) is 12.1. The number of benzene rings is 1. The SMILES string of the molecule is CC(C)C(C#N)C(=O)Nc1cnc2ccccc2c1. The Hall–Kier alpha value is -2.41. The maximum atomic E-state index is 12.0. The zero-order valence-electron chi connectivity index (χ0n) is 10.9. The molecule has 0 bridgehead atoms. The van der Waals surface area contributed by atoms with Gasteiger partial charge in [0.25, 0.3) is 0 Å². The van der Waals surface area contributed by atoms with Crippen LogP contribution in [0.1, 0.15) is 13.8 Å². The fourth-order valence-electron chi connectivity index (χ4n) is 1.87. The van der Waals surface area contributed by atoms with Crippen LogP contribution in [0.25, 0.3) is 10.9 Å². The number of amides is 1. The number of pyridine rings is 1. The van der Waals surface area contributed by atoms with Gasteiger partial charge in [0.05, 0.1) is 23.5 Å². The molecule has 1 aromatic heterocycles. The first-order valence-corrected chi connectivity index (χ1v) is 6.17. The molecule has 1 aromatic carbocycles. The molecule has 1 amide bonds. The highest BCUT2D eigenvalue weighted by Crippen LogP contribution is 2.18. The molecule has 2 rings (SSSR count). The van der Waals surface area contributed by atoms with Crippen LogP contribution in [0.3, 0.4) is 0 Å². The van der Waals surface area contributed by atoms with E-state index >= 15 is 0 Å². The molecule has 0 spiro atoms. The van der Waals surface area contributed by atoms with E-state index in [-0.39, 0.29) is 11.8 Å². The van der Waals surface area contributed by atoms with E-state index in [0.29, 0.717) is 5.69 Å². The van der Waals surface area contributed by atoms with Crippen molar-refractivity contribution >= 4 is 22.5 Å². The van der Waals surface area contributed by atoms with Gasteiger partial charge in [-0.05, 0) is 18.1 Å². The van der Waals surface area contributed by atoms with Crippen molar-refractivity contribution in [3.63, 3.8) is 0 Å². The molecule has 0 saturated carbocycles. The summed E-state index contributed by atoms with van der Waals surface area (Å²) in [6.07, 6.45) is 1.61. The van der Waals surface area contributed by atoms with Crippen LogP contribution >= 0.6 is 0 Å². The molecule has 0 aliphatic carbocycles. The highest BCUT2D eigenvalue weighted by molar-refractivity contribution is 5.95. The summed E-state index contributed by atoms with van der Waals surface area (Å²) in [5, 5.41) is 12.7. The fourth-order valence-corrected chi connectivity index (χ4v) is 1.87. The Morgan fingerprint density at radius 3 is 2.79 bits per heavy atom. The predicted octanol–water partition coefficient (Wildman–Crippen LogP) is 2.97. The zero-order valence-corrected chi connectivity index (χ0v) is 10.9. The van der Waals surface area contributed by atoms with Crippen molar-refractivity contribution in [2.45, 2.75) is 13.8 Å². The molecule has 0 aliphatic rings. The Balaban J connectivity index is 2.22. The second-order valence-corrected chi connectivity index (χ2v) is 4.76.